The predicted molar refractivity (Wildman–Crippen MR) is 75.6 cm³/mol. The lowest BCUT2D eigenvalue weighted by molar-refractivity contribution is -0.137. The van der Waals surface area contributed by atoms with Crippen molar-refractivity contribution in [1.29, 1.82) is 0 Å². The van der Waals surface area contributed by atoms with Gasteiger partial charge >= 0.3 is 6.18 Å². The van der Waals surface area contributed by atoms with Gasteiger partial charge in [0.25, 0.3) is 0 Å². The summed E-state index contributed by atoms with van der Waals surface area (Å²) in [5.74, 6) is 0.627. The van der Waals surface area contributed by atoms with Gasteiger partial charge in [0.15, 0.2) is 0 Å². The van der Waals surface area contributed by atoms with E-state index in [1.807, 2.05) is 30.3 Å². The molecule has 0 radical (unpaired) electrons. The van der Waals surface area contributed by atoms with E-state index in [0.717, 1.165) is 17.8 Å². The molecule has 0 bridgehead atoms. The van der Waals surface area contributed by atoms with Crippen LogP contribution < -0.4 is 0 Å². The summed E-state index contributed by atoms with van der Waals surface area (Å²) in [6.45, 7) is 0. The second-order valence-electron chi connectivity index (χ2n) is 4.53. The first-order valence-corrected chi connectivity index (χ1v) is 6.74. The fourth-order valence-electron chi connectivity index (χ4n) is 2.26. The van der Waals surface area contributed by atoms with Crippen LogP contribution in [-0.4, -0.2) is 9.55 Å². The molecule has 0 amide bonds. The number of benzene rings is 2. The van der Waals surface area contributed by atoms with Crippen LogP contribution >= 0.6 is 11.6 Å². The Kier molecular flexibility index (Phi) is 3.37. The second-order valence-corrected chi connectivity index (χ2v) is 4.80. The molecule has 2 nitrogen and oxygen atoms in total. The molecule has 1 aromatic heterocycles. The molecule has 0 spiro atoms. The number of fused-ring (bicyclic) bond motifs is 1. The number of aromatic nitrogens is 2. The van der Waals surface area contributed by atoms with Gasteiger partial charge in [0.1, 0.15) is 5.82 Å². The summed E-state index contributed by atoms with van der Waals surface area (Å²) < 4.78 is 40.1. The average Bonchev–Trinajstić information content (AvgIpc) is 2.84. The molecule has 0 aliphatic heterocycles. The minimum atomic E-state index is -4.38. The van der Waals surface area contributed by atoms with Crippen LogP contribution in [0.5, 0.6) is 0 Å². The van der Waals surface area contributed by atoms with E-state index in [-0.39, 0.29) is 11.4 Å². The molecule has 0 N–H and O–H groups in total. The van der Waals surface area contributed by atoms with Gasteiger partial charge in [-0.25, -0.2) is 4.98 Å². The lowest BCUT2D eigenvalue weighted by Crippen LogP contribution is -2.04. The second kappa shape index (κ2) is 5.07. The summed E-state index contributed by atoms with van der Waals surface area (Å²) in [7, 11) is 0. The maximum absolute atomic E-state index is 12.8. The van der Waals surface area contributed by atoms with Gasteiger partial charge in [-0.2, -0.15) is 13.2 Å². The molecule has 3 aromatic rings. The number of imidazole rings is 1. The summed E-state index contributed by atoms with van der Waals surface area (Å²) in [6, 6.07) is 12.8. The molecule has 108 valence electrons. The first kappa shape index (κ1) is 13.9. The quantitative estimate of drug-likeness (QED) is 0.623. The minimum Gasteiger partial charge on any atom is -0.295 e. The number of para-hydroxylation sites is 1. The van der Waals surface area contributed by atoms with Gasteiger partial charge < -0.3 is 0 Å². The van der Waals surface area contributed by atoms with Gasteiger partial charge in [-0.3, -0.25) is 4.57 Å². The van der Waals surface area contributed by atoms with Gasteiger partial charge in [-0.15, -0.1) is 11.6 Å². The maximum Gasteiger partial charge on any atom is 0.416 e. The van der Waals surface area contributed by atoms with Crippen molar-refractivity contribution in [3.8, 4) is 5.69 Å². The number of hydrogen-bond acceptors (Lipinski definition) is 1. The Balaban J connectivity index is 2.25. The fourth-order valence-corrected chi connectivity index (χ4v) is 2.44. The Morgan fingerprint density at radius 1 is 1.05 bits per heavy atom. The average molecular weight is 311 g/mol. The van der Waals surface area contributed by atoms with Gasteiger partial charge in [0, 0.05) is 5.69 Å². The Morgan fingerprint density at radius 2 is 1.76 bits per heavy atom. The van der Waals surface area contributed by atoms with Crippen molar-refractivity contribution in [3.63, 3.8) is 0 Å². The van der Waals surface area contributed by atoms with Crippen LogP contribution in [-0.2, 0) is 12.1 Å². The van der Waals surface area contributed by atoms with Crippen molar-refractivity contribution in [2.24, 2.45) is 0 Å². The molecule has 0 saturated carbocycles. The highest BCUT2D eigenvalue weighted by atomic mass is 35.5. The van der Waals surface area contributed by atoms with E-state index in [0.29, 0.717) is 11.3 Å². The first-order valence-electron chi connectivity index (χ1n) is 6.20. The topological polar surface area (TPSA) is 17.8 Å². The summed E-state index contributed by atoms with van der Waals surface area (Å²) in [5, 5.41) is 0. The number of nitrogens with zero attached hydrogens (tertiary/aromatic N) is 2. The molecule has 0 unspecified atom stereocenters. The van der Waals surface area contributed by atoms with Crippen molar-refractivity contribution in [2.75, 3.05) is 0 Å². The number of alkyl halides is 4. The normalized spacial score (nSPS) is 12.0. The molecule has 1 heterocycles. The third-order valence-corrected chi connectivity index (χ3v) is 3.42. The molecule has 3 rings (SSSR count). The zero-order chi connectivity index (χ0) is 15.0. The summed E-state index contributed by atoms with van der Waals surface area (Å²) in [4.78, 5) is 4.21. The van der Waals surface area contributed by atoms with E-state index in [4.69, 9.17) is 11.6 Å². The smallest absolute Gasteiger partial charge is 0.295 e. The maximum atomic E-state index is 12.8. The Bertz CT molecular complexity index is 779. The molecular formula is C15H10ClF3N2. The van der Waals surface area contributed by atoms with E-state index >= 15 is 0 Å². The highest BCUT2D eigenvalue weighted by molar-refractivity contribution is 6.17. The molecule has 6 heteroatoms. The molecule has 0 aliphatic rings. The van der Waals surface area contributed by atoms with Crippen LogP contribution in [0.2, 0.25) is 0 Å². The number of halogens is 4. The Morgan fingerprint density at radius 3 is 2.38 bits per heavy atom. The monoisotopic (exact) mass is 310 g/mol. The van der Waals surface area contributed by atoms with E-state index in [2.05, 4.69) is 4.98 Å². The zero-order valence-electron chi connectivity index (χ0n) is 10.7. The van der Waals surface area contributed by atoms with Gasteiger partial charge in [0.2, 0.25) is 0 Å². The molecular weight excluding hydrogens is 301 g/mol. The fraction of sp³-hybridized carbons (Fsp3) is 0.133. The summed E-state index contributed by atoms with van der Waals surface area (Å²) in [6.07, 6.45) is -4.38. The SMILES string of the molecule is FC(F)(F)c1ccc2c(c1)nc(CCl)n2-c1ccccc1. The van der Waals surface area contributed by atoms with Crippen molar-refractivity contribution in [2.45, 2.75) is 12.1 Å². The van der Waals surface area contributed by atoms with Crippen molar-refractivity contribution in [1.82, 2.24) is 9.55 Å². The Hall–Kier alpha value is -2.01. The Labute approximate surface area is 123 Å². The summed E-state index contributed by atoms with van der Waals surface area (Å²) >= 11 is 5.88. The first-order chi connectivity index (χ1) is 10.0. The lowest BCUT2D eigenvalue weighted by Gasteiger charge is -2.08. The molecule has 2 aromatic carbocycles. The van der Waals surface area contributed by atoms with E-state index in [1.165, 1.54) is 6.07 Å². The van der Waals surface area contributed by atoms with E-state index in [9.17, 15) is 13.2 Å². The van der Waals surface area contributed by atoms with E-state index < -0.39 is 11.7 Å². The van der Waals surface area contributed by atoms with Gasteiger partial charge in [-0.1, -0.05) is 18.2 Å². The number of rotatable bonds is 2. The highest BCUT2D eigenvalue weighted by Gasteiger charge is 2.31. The van der Waals surface area contributed by atoms with Crippen LogP contribution in [0, 0.1) is 0 Å². The van der Waals surface area contributed by atoms with Crippen LogP contribution in [0.4, 0.5) is 13.2 Å². The molecule has 0 fully saturated rings. The van der Waals surface area contributed by atoms with Gasteiger partial charge in [0.05, 0.1) is 22.5 Å². The predicted octanol–water partition coefficient (Wildman–Crippen LogP) is 4.78. The van der Waals surface area contributed by atoms with E-state index in [1.54, 1.807) is 4.57 Å². The van der Waals surface area contributed by atoms with Crippen LogP contribution in [0.1, 0.15) is 11.4 Å². The third kappa shape index (κ3) is 2.49. The van der Waals surface area contributed by atoms with Crippen LogP contribution in [0.15, 0.2) is 48.5 Å². The van der Waals surface area contributed by atoms with Gasteiger partial charge in [-0.05, 0) is 30.3 Å². The van der Waals surface area contributed by atoms with Crippen LogP contribution in [0.3, 0.4) is 0 Å². The van der Waals surface area contributed by atoms with Crippen molar-refractivity contribution >= 4 is 22.6 Å². The number of hydrogen-bond donors (Lipinski definition) is 0. The summed E-state index contributed by atoms with van der Waals surface area (Å²) in [5.41, 5.74) is 0.985. The van der Waals surface area contributed by atoms with Crippen LogP contribution in [0.25, 0.3) is 16.7 Å². The molecule has 0 aliphatic carbocycles. The zero-order valence-corrected chi connectivity index (χ0v) is 11.5. The highest BCUT2D eigenvalue weighted by Crippen LogP contribution is 2.32. The van der Waals surface area contributed by atoms with Crippen molar-refractivity contribution in [3.05, 3.63) is 59.9 Å². The minimum absolute atomic E-state index is 0.116. The molecule has 0 saturated heterocycles. The van der Waals surface area contributed by atoms with Crippen molar-refractivity contribution < 1.29 is 13.2 Å². The molecule has 21 heavy (non-hydrogen) atoms. The third-order valence-electron chi connectivity index (χ3n) is 3.19. The lowest BCUT2D eigenvalue weighted by atomic mass is 10.2. The molecule has 0 atom stereocenters. The largest absolute Gasteiger partial charge is 0.416 e. The standard InChI is InChI=1S/C15H10ClF3N2/c16-9-14-20-12-8-10(15(17,18)19)6-7-13(12)21(14)11-4-2-1-3-5-11/h1-8H,9H2.